The summed E-state index contributed by atoms with van der Waals surface area (Å²) in [5.74, 6) is 0. The van der Waals surface area contributed by atoms with Crippen molar-refractivity contribution in [1.29, 1.82) is 5.26 Å². The van der Waals surface area contributed by atoms with Crippen molar-refractivity contribution < 1.29 is 0 Å². The van der Waals surface area contributed by atoms with Crippen LogP contribution in [0.5, 0.6) is 0 Å². The Morgan fingerprint density at radius 3 is 2.74 bits per heavy atom. The zero-order valence-electron chi connectivity index (χ0n) is 12.7. The fourth-order valence-electron chi connectivity index (χ4n) is 2.49. The van der Waals surface area contributed by atoms with Crippen molar-refractivity contribution in [1.82, 2.24) is 14.8 Å². The lowest BCUT2D eigenvalue weighted by Crippen LogP contribution is -2.07. The first-order valence-corrected chi connectivity index (χ1v) is 7.61. The lowest BCUT2D eigenvalue weighted by atomic mass is 10.2. The number of unbranched alkanes of at least 4 members (excludes halogenated alkanes) is 1. The van der Waals surface area contributed by atoms with E-state index in [-0.39, 0.29) is 0 Å². The minimum absolute atomic E-state index is 0.526. The number of nitriles is 1. The number of rotatable bonds is 6. The van der Waals surface area contributed by atoms with Crippen LogP contribution in [0.1, 0.15) is 18.4 Å². The van der Waals surface area contributed by atoms with Crippen molar-refractivity contribution in [2.24, 2.45) is 5.73 Å². The van der Waals surface area contributed by atoms with E-state index in [9.17, 15) is 5.26 Å². The number of benzene rings is 1. The number of fused-ring (bicyclic) bond motifs is 1. The summed E-state index contributed by atoms with van der Waals surface area (Å²) < 4.78 is 1.78. The number of nitrogens with two attached hydrogens (primary N) is 1. The summed E-state index contributed by atoms with van der Waals surface area (Å²) in [7, 11) is 0. The van der Waals surface area contributed by atoms with Crippen LogP contribution in [-0.2, 0) is 0 Å². The molecule has 3 rings (SSSR count). The third-order valence-electron chi connectivity index (χ3n) is 3.65. The van der Waals surface area contributed by atoms with Gasteiger partial charge in [-0.15, -0.1) is 0 Å². The number of hydrogen-bond donors (Lipinski definition) is 2. The highest BCUT2D eigenvalue weighted by Gasteiger charge is 2.13. The fourth-order valence-corrected chi connectivity index (χ4v) is 2.49. The molecule has 0 aliphatic carbocycles. The predicted molar refractivity (Wildman–Crippen MR) is 90.4 cm³/mol. The molecule has 1 aromatic carbocycles. The minimum atomic E-state index is 0.526. The highest BCUT2D eigenvalue weighted by Crippen LogP contribution is 2.27. The van der Waals surface area contributed by atoms with Crippen LogP contribution in [0.4, 0.5) is 5.69 Å². The first-order chi connectivity index (χ1) is 11.3. The second kappa shape index (κ2) is 6.90. The third kappa shape index (κ3) is 3.00. The molecule has 116 valence electrons. The van der Waals surface area contributed by atoms with Crippen molar-refractivity contribution in [2.45, 2.75) is 12.8 Å². The van der Waals surface area contributed by atoms with Crippen LogP contribution in [0.25, 0.3) is 16.7 Å². The van der Waals surface area contributed by atoms with Gasteiger partial charge in [0.25, 0.3) is 0 Å². The van der Waals surface area contributed by atoms with Crippen molar-refractivity contribution >= 4 is 16.7 Å². The molecular weight excluding hydrogens is 288 g/mol. The summed E-state index contributed by atoms with van der Waals surface area (Å²) in [5.41, 5.74) is 8.50. The maximum absolute atomic E-state index is 9.33. The van der Waals surface area contributed by atoms with E-state index in [0.717, 1.165) is 41.8 Å². The van der Waals surface area contributed by atoms with Crippen LogP contribution in [0, 0.1) is 11.3 Å². The number of anilines is 1. The molecule has 0 amide bonds. The van der Waals surface area contributed by atoms with Crippen LogP contribution >= 0.6 is 0 Å². The molecule has 0 bridgehead atoms. The standard InChI is InChI=1S/C17H18N6/c18-8-4-5-9-20-16-13(10-19)11-21-17-15(16)12-22-23(17)14-6-2-1-3-7-14/h1-3,6-7,11-12H,4-5,8-9,18H2,(H,20,21). The molecule has 2 heterocycles. The number of para-hydroxylation sites is 1. The average molecular weight is 306 g/mol. The van der Waals surface area contributed by atoms with Gasteiger partial charge in [-0.2, -0.15) is 10.4 Å². The SMILES string of the molecule is N#Cc1cnc2c(cnn2-c2ccccc2)c1NCCCCN. The largest absolute Gasteiger partial charge is 0.383 e. The Morgan fingerprint density at radius 2 is 2.00 bits per heavy atom. The first kappa shape index (κ1) is 15.0. The zero-order valence-corrected chi connectivity index (χ0v) is 12.7. The second-order valence-electron chi connectivity index (χ2n) is 5.21. The quantitative estimate of drug-likeness (QED) is 0.682. The van der Waals surface area contributed by atoms with Crippen molar-refractivity contribution in [3.63, 3.8) is 0 Å². The smallest absolute Gasteiger partial charge is 0.165 e. The minimum Gasteiger partial charge on any atom is -0.383 e. The van der Waals surface area contributed by atoms with E-state index < -0.39 is 0 Å². The molecule has 3 N–H and O–H groups in total. The molecule has 0 unspecified atom stereocenters. The van der Waals surface area contributed by atoms with Gasteiger partial charge in [0.2, 0.25) is 0 Å². The Bertz CT molecular complexity index is 831. The Labute approximate surface area is 134 Å². The van der Waals surface area contributed by atoms with Crippen molar-refractivity contribution in [2.75, 3.05) is 18.4 Å². The molecule has 0 aliphatic heterocycles. The molecular formula is C17H18N6. The van der Waals surface area contributed by atoms with Gasteiger partial charge < -0.3 is 11.1 Å². The molecule has 6 heteroatoms. The van der Waals surface area contributed by atoms with Gasteiger partial charge in [-0.3, -0.25) is 0 Å². The lowest BCUT2D eigenvalue weighted by molar-refractivity contribution is 0.774. The maximum atomic E-state index is 9.33. The van der Waals surface area contributed by atoms with Crippen LogP contribution in [-0.4, -0.2) is 27.9 Å². The number of hydrogen-bond acceptors (Lipinski definition) is 5. The molecule has 0 atom stereocenters. The van der Waals surface area contributed by atoms with Gasteiger partial charge in [0.15, 0.2) is 5.65 Å². The van der Waals surface area contributed by atoms with Gasteiger partial charge in [-0.25, -0.2) is 9.67 Å². The highest BCUT2D eigenvalue weighted by molar-refractivity contribution is 5.92. The van der Waals surface area contributed by atoms with E-state index in [0.29, 0.717) is 12.1 Å². The Kier molecular flexibility index (Phi) is 4.50. The molecule has 6 nitrogen and oxygen atoms in total. The van der Waals surface area contributed by atoms with Crippen LogP contribution in [0.2, 0.25) is 0 Å². The summed E-state index contributed by atoms with van der Waals surface area (Å²) >= 11 is 0. The van der Waals surface area contributed by atoms with Gasteiger partial charge in [0, 0.05) is 12.7 Å². The summed E-state index contributed by atoms with van der Waals surface area (Å²) in [5, 5.41) is 17.9. The molecule has 2 aromatic heterocycles. The highest BCUT2D eigenvalue weighted by atomic mass is 15.3. The van der Waals surface area contributed by atoms with E-state index in [1.165, 1.54) is 0 Å². The Balaban J connectivity index is 2.01. The van der Waals surface area contributed by atoms with Crippen LogP contribution < -0.4 is 11.1 Å². The topological polar surface area (TPSA) is 92.5 Å². The Hall–Kier alpha value is -2.91. The number of pyridine rings is 1. The molecule has 0 saturated heterocycles. The average Bonchev–Trinajstić information content (AvgIpc) is 3.03. The predicted octanol–water partition coefficient (Wildman–Crippen LogP) is 2.44. The Morgan fingerprint density at radius 1 is 1.17 bits per heavy atom. The molecule has 0 spiro atoms. The van der Waals surface area contributed by atoms with Crippen molar-refractivity contribution in [3.05, 3.63) is 48.3 Å². The summed E-state index contributed by atoms with van der Waals surface area (Å²) in [6.07, 6.45) is 5.25. The van der Waals surface area contributed by atoms with Crippen LogP contribution in [0.3, 0.4) is 0 Å². The molecule has 0 saturated carbocycles. The number of nitrogens with one attached hydrogen (secondary N) is 1. The van der Waals surface area contributed by atoms with Crippen LogP contribution in [0.15, 0.2) is 42.7 Å². The second-order valence-corrected chi connectivity index (χ2v) is 5.21. The van der Waals surface area contributed by atoms with E-state index in [1.807, 2.05) is 30.3 Å². The van der Waals surface area contributed by atoms with Gasteiger partial charge in [-0.05, 0) is 31.5 Å². The summed E-state index contributed by atoms with van der Waals surface area (Å²) in [6, 6.07) is 12.0. The molecule has 0 fully saturated rings. The number of aromatic nitrogens is 3. The lowest BCUT2D eigenvalue weighted by Gasteiger charge is -2.09. The maximum Gasteiger partial charge on any atom is 0.165 e. The fraction of sp³-hybridized carbons (Fsp3) is 0.235. The van der Waals surface area contributed by atoms with Gasteiger partial charge >= 0.3 is 0 Å². The zero-order chi connectivity index (χ0) is 16.1. The summed E-state index contributed by atoms with van der Waals surface area (Å²) in [4.78, 5) is 4.41. The molecule has 3 aromatic rings. The van der Waals surface area contributed by atoms with E-state index in [1.54, 1.807) is 17.1 Å². The third-order valence-corrected chi connectivity index (χ3v) is 3.65. The molecule has 0 aliphatic rings. The first-order valence-electron chi connectivity index (χ1n) is 7.61. The van der Waals surface area contributed by atoms with E-state index >= 15 is 0 Å². The van der Waals surface area contributed by atoms with E-state index in [2.05, 4.69) is 21.5 Å². The van der Waals surface area contributed by atoms with Gasteiger partial charge in [-0.1, -0.05) is 18.2 Å². The van der Waals surface area contributed by atoms with Gasteiger partial charge in [0.1, 0.15) is 6.07 Å². The van der Waals surface area contributed by atoms with Crippen molar-refractivity contribution in [3.8, 4) is 11.8 Å². The van der Waals surface area contributed by atoms with Gasteiger partial charge in [0.05, 0.1) is 28.5 Å². The molecule has 23 heavy (non-hydrogen) atoms. The summed E-state index contributed by atoms with van der Waals surface area (Å²) in [6.45, 7) is 1.44. The normalized spacial score (nSPS) is 10.6. The number of nitrogens with zero attached hydrogens (tertiary/aromatic N) is 4. The monoisotopic (exact) mass is 306 g/mol. The molecule has 0 radical (unpaired) electrons. The van der Waals surface area contributed by atoms with E-state index in [4.69, 9.17) is 5.73 Å².